The highest BCUT2D eigenvalue weighted by Crippen LogP contribution is 2.14. The number of hydrogen-bond acceptors (Lipinski definition) is 11. The molecule has 0 bridgehead atoms. The summed E-state index contributed by atoms with van der Waals surface area (Å²) in [6.07, 6.45) is 4.98. The monoisotopic (exact) mass is 610 g/mol. The Kier molecular flexibility index (Phi) is 33.9. The number of ether oxygens (including phenoxy) is 10. The van der Waals surface area contributed by atoms with Crippen molar-refractivity contribution in [1.82, 2.24) is 0 Å². The highest BCUT2D eigenvalue weighted by Gasteiger charge is 2.16. The van der Waals surface area contributed by atoms with Crippen molar-refractivity contribution in [2.24, 2.45) is 11.8 Å². The Morgan fingerprint density at radius 3 is 1.12 bits per heavy atom. The van der Waals surface area contributed by atoms with Crippen molar-refractivity contribution < 1.29 is 52.2 Å². The lowest BCUT2D eigenvalue weighted by Crippen LogP contribution is -2.20. The van der Waals surface area contributed by atoms with E-state index in [1.165, 1.54) is 0 Å². The number of carbonyl (C=O) groups is 1. The Morgan fingerprint density at radius 2 is 0.810 bits per heavy atom. The summed E-state index contributed by atoms with van der Waals surface area (Å²) in [5.74, 6) is 0.482. The van der Waals surface area contributed by atoms with Gasteiger partial charge in [-0.25, -0.2) is 0 Å². The summed E-state index contributed by atoms with van der Waals surface area (Å²) in [5.41, 5.74) is 0. The average Bonchev–Trinajstić information content (AvgIpc) is 3.00. The van der Waals surface area contributed by atoms with E-state index < -0.39 is 0 Å². The standard InChI is InChI=1S/C31H62O11/c1-5-8-9-30(7-3)31(32)42-27-26-40-23-22-38-19-18-36-15-14-34-11-10-33-12-13-35-16-17-37-20-21-39-24-25-41-28-29(4)6-2/h29-30H,5-28H2,1-4H3. The molecule has 0 saturated heterocycles. The van der Waals surface area contributed by atoms with Crippen molar-refractivity contribution >= 4 is 5.97 Å². The molecule has 0 aromatic carbocycles. The zero-order valence-corrected chi connectivity index (χ0v) is 27.1. The maximum atomic E-state index is 12.0. The quantitative estimate of drug-likeness (QED) is 0.0769. The topological polar surface area (TPSA) is 109 Å². The first-order valence-corrected chi connectivity index (χ1v) is 16.0. The summed E-state index contributed by atoms with van der Waals surface area (Å²) in [5, 5.41) is 0. The smallest absolute Gasteiger partial charge is 0.308 e. The van der Waals surface area contributed by atoms with Crippen molar-refractivity contribution in [3.8, 4) is 0 Å². The van der Waals surface area contributed by atoms with Crippen LogP contribution in [0.2, 0.25) is 0 Å². The van der Waals surface area contributed by atoms with E-state index in [0.29, 0.717) is 118 Å². The third-order valence-electron chi connectivity index (χ3n) is 6.28. The second kappa shape index (κ2) is 34.6. The Hall–Kier alpha value is -0.890. The minimum absolute atomic E-state index is 0.00109. The van der Waals surface area contributed by atoms with Gasteiger partial charge < -0.3 is 47.4 Å². The first-order valence-electron chi connectivity index (χ1n) is 16.0. The zero-order chi connectivity index (χ0) is 30.8. The molecule has 2 unspecified atom stereocenters. The van der Waals surface area contributed by atoms with E-state index in [2.05, 4.69) is 20.8 Å². The first kappa shape index (κ1) is 41.1. The molecule has 0 aromatic heterocycles. The molecule has 0 saturated carbocycles. The molecule has 252 valence electrons. The van der Waals surface area contributed by atoms with Gasteiger partial charge in [-0.1, -0.05) is 47.0 Å². The van der Waals surface area contributed by atoms with Gasteiger partial charge in [0.15, 0.2) is 0 Å². The minimum Gasteiger partial charge on any atom is -0.463 e. The van der Waals surface area contributed by atoms with Crippen LogP contribution in [0.1, 0.15) is 59.8 Å². The molecule has 0 heterocycles. The summed E-state index contributed by atoms with van der Waals surface area (Å²) >= 11 is 0. The maximum Gasteiger partial charge on any atom is 0.308 e. The van der Waals surface area contributed by atoms with Crippen LogP contribution in [0.5, 0.6) is 0 Å². The Balaban J connectivity index is 3.16. The summed E-state index contributed by atoms with van der Waals surface area (Å²) in [6, 6.07) is 0. The van der Waals surface area contributed by atoms with Crippen molar-refractivity contribution in [3.63, 3.8) is 0 Å². The molecule has 0 fully saturated rings. The third-order valence-corrected chi connectivity index (χ3v) is 6.28. The van der Waals surface area contributed by atoms with Gasteiger partial charge in [-0.05, 0) is 18.8 Å². The van der Waals surface area contributed by atoms with Gasteiger partial charge in [0, 0.05) is 6.61 Å². The lowest BCUT2D eigenvalue weighted by molar-refractivity contribution is -0.150. The number of unbranched alkanes of at least 4 members (excludes halogenated alkanes) is 1. The van der Waals surface area contributed by atoms with Gasteiger partial charge in [0.1, 0.15) is 6.61 Å². The minimum atomic E-state index is -0.116. The molecule has 0 spiro atoms. The van der Waals surface area contributed by atoms with Crippen LogP contribution in [-0.2, 0) is 52.2 Å². The second-order valence-electron chi connectivity index (χ2n) is 9.90. The van der Waals surface area contributed by atoms with Gasteiger partial charge in [0.05, 0.1) is 118 Å². The molecule has 0 aliphatic carbocycles. The van der Waals surface area contributed by atoms with Crippen molar-refractivity contribution in [1.29, 1.82) is 0 Å². The summed E-state index contributed by atoms with van der Waals surface area (Å²) in [4.78, 5) is 12.0. The van der Waals surface area contributed by atoms with Crippen LogP contribution < -0.4 is 0 Å². The molecule has 0 aliphatic heterocycles. The zero-order valence-electron chi connectivity index (χ0n) is 27.1. The van der Waals surface area contributed by atoms with E-state index in [0.717, 1.165) is 38.7 Å². The maximum absolute atomic E-state index is 12.0. The largest absolute Gasteiger partial charge is 0.463 e. The lowest BCUT2D eigenvalue weighted by atomic mass is 10.00. The van der Waals surface area contributed by atoms with Crippen LogP contribution in [-0.4, -0.2) is 132 Å². The van der Waals surface area contributed by atoms with Gasteiger partial charge in [-0.2, -0.15) is 0 Å². The van der Waals surface area contributed by atoms with Crippen molar-refractivity contribution in [2.75, 3.05) is 126 Å². The van der Waals surface area contributed by atoms with E-state index in [-0.39, 0.29) is 18.5 Å². The van der Waals surface area contributed by atoms with Crippen molar-refractivity contribution in [2.45, 2.75) is 59.8 Å². The van der Waals surface area contributed by atoms with Crippen LogP contribution in [0.15, 0.2) is 0 Å². The Morgan fingerprint density at radius 1 is 0.476 bits per heavy atom. The molecular weight excluding hydrogens is 548 g/mol. The van der Waals surface area contributed by atoms with E-state index >= 15 is 0 Å². The molecule has 0 aliphatic rings. The molecule has 0 rings (SSSR count). The van der Waals surface area contributed by atoms with E-state index in [1.54, 1.807) is 0 Å². The number of hydrogen-bond donors (Lipinski definition) is 0. The molecule has 2 atom stereocenters. The lowest BCUT2D eigenvalue weighted by Gasteiger charge is -2.13. The van der Waals surface area contributed by atoms with Crippen LogP contribution in [0.3, 0.4) is 0 Å². The summed E-state index contributed by atoms with van der Waals surface area (Å²) in [7, 11) is 0. The molecule has 42 heavy (non-hydrogen) atoms. The van der Waals surface area contributed by atoms with Gasteiger partial charge in [0.25, 0.3) is 0 Å². The average molecular weight is 611 g/mol. The Bertz CT molecular complexity index is 539. The number of esters is 1. The first-order chi connectivity index (χ1) is 20.7. The third kappa shape index (κ3) is 30.6. The summed E-state index contributed by atoms with van der Waals surface area (Å²) in [6.45, 7) is 18.3. The van der Waals surface area contributed by atoms with Crippen LogP contribution in [0.25, 0.3) is 0 Å². The number of rotatable bonds is 35. The SMILES string of the molecule is CCCCC(CC)C(=O)OCCOCCOCCOCCOCCOCCOCCOCCOCCOCC(C)CC. The van der Waals surface area contributed by atoms with E-state index in [1.807, 2.05) is 6.92 Å². The predicted octanol–water partition coefficient (Wildman–Crippen LogP) is 3.94. The molecular formula is C31H62O11. The predicted molar refractivity (Wildman–Crippen MR) is 161 cm³/mol. The molecule has 0 amide bonds. The number of carbonyl (C=O) groups excluding carboxylic acids is 1. The van der Waals surface area contributed by atoms with Gasteiger partial charge in [-0.15, -0.1) is 0 Å². The normalized spacial score (nSPS) is 13.0. The molecule has 11 nitrogen and oxygen atoms in total. The summed E-state index contributed by atoms with van der Waals surface area (Å²) < 4.78 is 54.6. The highest BCUT2D eigenvalue weighted by atomic mass is 16.6. The Labute approximate surface area is 255 Å². The van der Waals surface area contributed by atoms with Crippen molar-refractivity contribution in [3.05, 3.63) is 0 Å². The van der Waals surface area contributed by atoms with Gasteiger partial charge in [0.2, 0.25) is 0 Å². The fraction of sp³-hybridized carbons (Fsp3) is 0.968. The van der Waals surface area contributed by atoms with E-state index in [4.69, 9.17) is 47.4 Å². The van der Waals surface area contributed by atoms with Crippen LogP contribution in [0.4, 0.5) is 0 Å². The fourth-order valence-electron chi connectivity index (χ4n) is 3.42. The van der Waals surface area contributed by atoms with Gasteiger partial charge >= 0.3 is 5.97 Å². The molecule has 0 N–H and O–H groups in total. The molecule has 0 aromatic rings. The molecule has 11 heteroatoms. The second-order valence-corrected chi connectivity index (χ2v) is 9.90. The highest BCUT2D eigenvalue weighted by molar-refractivity contribution is 5.72. The molecule has 0 radical (unpaired) electrons. The van der Waals surface area contributed by atoms with Crippen LogP contribution in [0, 0.1) is 11.8 Å². The van der Waals surface area contributed by atoms with Crippen LogP contribution >= 0.6 is 0 Å². The van der Waals surface area contributed by atoms with Gasteiger partial charge in [-0.3, -0.25) is 4.79 Å². The fourth-order valence-corrected chi connectivity index (χ4v) is 3.42. The van der Waals surface area contributed by atoms with E-state index in [9.17, 15) is 4.79 Å².